The van der Waals surface area contributed by atoms with Crippen molar-refractivity contribution < 1.29 is 9.59 Å². The number of carbonyl (C=O) groups is 2. The van der Waals surface area contributed by atoms with Crippen LogP contribution in [0.5, 0.6) is 0 Å². The summed E-state index contributed by atoms with van der Waals surface area (Å²) < 4.78 is 0. The van der Waals surface area contributed by atoms with Crippen LogP contribution in [0.3, 0.4) is 0 Å². The Morgan fingerprint density at radius 1 is 1.35 bits per heavy atom. The summed E-state index contributed by atoms with van der Waals surface area (Å²) in [5, 5.41) is 5.64. The molecule has 1 atom stereocenters. The van der Waals surface area contributed by atoms with Crippen molar-refractivity contribution in [3.05, 3.63) is 23.8 Å². The van der Waals surface area contributed by atoms with Crippen LogP contribution >= 0.6 is 0 Å². The van der Waals surface area contributed by atoms with Crippen LogP contribution in [-0.2, 0) is 16.0 Å². The zero-order valence-electron chi connectivity index (χ0n) is 12.1. The maximum atomic E-state index is 12.1. The van der Waals surface area contributed by atoms with Crippen LogP contribution in [0, 0.1) is 5.41 Å². The smallest absolute Gasteiger partial charge is 0.241 e. The second-order valence-electron chi connectivity index (χ2n) is 6.25. The number of hydrogen-bond donors (Lipinski definition) is 3. The zero-order chi connectivity index (χ0) is 14.9. The van der Waals surface area contributed by atoms with Crippen molar-refractivity contribution in [1.29, 1.82) is 0 Å². The number of benzene rings is 1. The highest BCUT2D eigenvalue weighted by Crippen LogP contribution is 2.26. The summed E-state index contributed by atoms with van der Waals surface area (Å²) in [6.45, 7) is 5.79. The third-order valence-electron chi connectivity index (χ3n) is 3.48. The van der Waals surface area contributed by atoms with Crippen molar-refractivity contribution in [2.24, 2.45) is 11.1 Å². The average molecular weight is 275 g/mol. The minimum absolute atomic E-state index is 0.0315. The van der Waals surface area contributed by atoms with Crippen LogP contribution in [0.1, 0.15) is 32.8 Å². The van der Waals surface area contributed by atoms with Crippen molar-refractivity contribution in [3.63, 3.8) is 0 Å². The van der Waals surface area contributed by atoms with Crippen molar-refractivity contribution >= 4 is 23.2 Å². The summed E-state index contributed by atoms with van der Waals surface area (Å²) in [5.74, 6) is -0.165. The molecule has 1 aliphatic rings. The fourth-order valence-electron chi connectivity index (χ4n) is 2.07. The van der Waals surface area contributed by atoms with E-state index in [2.05, 4.69) is 10.6 Å². The maximum absolute atomic E-state index is 12.1. The highest BCUT2D eigenvalue weighted by molar-refractivity contribution is 5.97. The summed E-state index contributed by atoms with van der Waals surface area (Å²) in [6.07, 6.45) is 1.17. The lowest BCUT2D eigenvalue weighted by atomic mass is 9.87. The van der Waals surface area contributed by atoms with Crippen LogP contribution in [-0.4, -0.2) is 17.9 Å². The quantitative estimate of drug-likeness (QED) is 0.770. The molecule has 0 aliphatic carbocycles. The predicted molar refractivity (Wildman–Crippen MR) is 79.5 cm³/mol. The first-order valence-electron chi connectivity index (χ1n) is 6.76. The Morgan fingerprint density at radius 2 is 2.05 bits per heavy atom. The van der Waals surface area contributed by atoms with E-state index in [4.69, 9.17) is 5.73 Å². The lowest BCUT2D eigenvalue weighted by molar-refractivity contribution is -0.119. The molecule has 20 heavy (non-hydrogen) atoms. The largest absolute Gasteiger partial charge is 0.326 e. The molecule has 1 aliphatic heterocycles. The molecule has 4 N–H and O–H groups in total. The van der Waals surface area contributed by atoms with Crippen molar-refractivity contribution in [1.82, 2.24) is 0 Å². The second-order valence-corrected chi connectivity index (χ2v) is 6.25. The van der Waals surface area contributed by atoms with Crippen LogP contribution in [0.2, 0.25) is 0 Å². The van der Waals surface area contributed by atoms with Gasteiger partial charge < -0.3 is 16.4 Å². The van der Waals surface area contributed by atoms with Gasteiger partial charge in [0.2, 0.25) is 11.8 Å². The van der Waals surface area contributed by atoms with Gasteiger partial charge in [-0.1, -0.05) is 20.8 Å². The van der Waals surface area contributed by atoms with Gasteiger partial charge in [-0.25, -0.2) is 0 Å². The predicted octanol–water partition coefficient (Wildman–Crippen LogP) is 1.88. The number of hydrogen-bond acceptors (Lipinski definition) is 3. The summed E-state index contributed by atoms with van der Waals surface area (Å²) >= 11 is 0. The molecular formula is C15H21N3O2. The normalized spacial score (nSPS) is 16.1. The second kappa shape index (κ2) is 5.25. The first-order chi connectivity index (χ1) is 9.27. The van der Waals surface area contributed by atoms with Crippen molar-refractivity contribution in [2.45, 2.75) is 39.7 Å². The molecule has 5 heteroatoms. The standard InChI is InChI=1S/C15H21N3O2/c1-15(2,3)13(16)14(20)17-10-5-6-11-9(8-10)4-7-12(19)18-11/h5-6,8,13H,4,7,16H2,1-3H3,(H,17,20)(H,18,19)/t13-/m1/s1. The van der Waals surface area contributed by atoms with Gasteiger partial charge in [-0.3, -0.25) is 9.59 Å². The van der Waals surface area contributed by atoms with Gasteiger partial charge in [0.05, 0.1) is 6.04 Å². The number of amides is 2. The molecule has 0 bridgehead atoms. The van der Waals surface area contributed by atoms with Gasteiger partial charge in [-0.2, -0.15) is 0 Å². The number of carbonyl (C=O) groups excluding carboxylic acids is 2. The van der Waals surface area contributed by atoms with E-state index in [1.807, 2.05) is 32.9 Å². The van der Waals surface area contributed by atoms with Crippen LogP contribution < -0.4 is 16.4 Å². The van der Waals surface area contributed by atoms with Crippen molar-refractivity contribution in [2.75, 3.05) is 10.6 Å². The Morgan fingerprint density at radius 3 is 2.70 bits per heavy atom. The molecule has 0 unspecified atom stereocenters. The first kappa shape index (κ1) is 14.5. The highest BCUT2D eigenvalue weighted by Gasteiger charge is 2.27. The molecule has 0 saturated heterocycles. The highest BCUT2D eigenvalue weighted by atomic mass is 16.2. The lowest BCUT2D eigenvalue weighted by Crippen LogP contribution is -2.45. The summed E-state index contributed by atoms with van der Waals surface area (Å²) in [6, 6.07) is 4.91. The number of nitrogens with two attached hydrogens (primary N) is 1. The van der Waals surface area contributed by atoms with E-state index in [1.54, 1.807) is 6.07 Å². The van der Waals surface area contributed by atoms with Gasteiger partial charge in [-0.05, 0) is 35.6 Å². The van der Waals surface area contributed by atoms with Gasteiger partial charge in [0, 0.05) is 17.8 Å². The van der Waals surface area contributed by atoms with E-state index in [0.29, 0.717) is 18.5 Å². The fourth-order valence-corrected chi connectivity index (χ4v) is 2.07. The molecule has 0 radical (unpaired) electrons. The summed E-state index contributed by atoms with van der Waals surface area (Å²) in [7, 11) is 0. The maximum Gasteiger partial charge on any atom is 0.241 e. The molecule has 0 fully saturated rings. The Hall–Kier alpha value is -1.88. The molecule has 5 nitrogen and oxygen atoms in total. The molecule has 0 aromatic heterocycles. The molecule has 2 amide bonds. The van der Waals surface area contributed by atoms with E-state index in [1.165, 1.54) is 0 Å². The van der Waals surface area contributed by atoms with Crippen LogP contribution in [0.25, 0.3) is 0 Å². The molecular weight excluding hydrogens is 254 g/mol. The fraction of sp³-hybridized carbons (Fsp3) is 0.467. The molecule has 1 heterocycles. The number of anilines is 2. The van der Waals surface area contributed by atoms with Crippen LogP contribution in [0.15, 0.2) is 18.2 Å². The minimum atomic E-state index is -0.571. The monoisotopic (exact) mass is 275 g/mol. The zero-order valence-corrected chi connectivity index (χ0v) is 12.1. The summed E-state index contributed by atoms with van der Waals surface area (Å²) in [4.78, 5) is 23.4. The number of nitrogens with one attached hydrogen (secondary N) is 2. The molecule has 1 aromatic carbocycles. The van der Waals surface area contributed by atoms with E-state index in [9.17, 15) is 9.59 Å². The van der Waals surface area contributed by atoms with Gasteiger partial charge in [0.25, 0.3) is 0 Å². The lowest BCUT2D eigenvalue weighted by Gasteiger charge is -2.26. The molecule has 2 rings (SSSR count). The molecule has 0 spiro atoms. The van der Waals surface area contributed by atoms with E-state index in [-0.39, 0.29) is 17.2 Å². The Kier molecular flexibility index (Phi) is 3.81. The van der Waals surface area contributed by atoms with E-state index < -0.39 is 6.04 Å². The van der Waals surface area contributed by atoms with Gasteiger partial charge in [-0.15, -0.1) is 0 Å². The number of rotatable bonds is 2. The van der Waals surface area contributed by atoms with E-state index in [0.717, 1.165) is 11.3 Å². The van der Waals surface area contributed by atoms with Gasteiger partial charge in [0.1, 0.15) is 0 Å². The summed E-state index contributed by atoms with van der Waals surface area (Å²) in [5.41, 5.74) is 8.21. The third kappa shape index (κ3) is 3.17. The number of aryl methyl sites for hydroxylation is 1. The van der Waals surface area contributed by atoms with Gasteiger partial charge in [0.15, 0.2) is 0 Å². The SMILES string of the molecule is CC(C)(C)[C@H](N)C(=O)Nc1ccc2c(c1)CCC(=O)N2. The van der Waals surface area contributed by atoms with Crippen LogP contribution in [0.4, 0.5) is 11.4 Å². The molecule has 0 saturated carbocycles. The Balaban J connectivity index is 2.11. The topological polar surface area (TPSA) is 84.2 Å². The third-order valence-corrected chi connectivity index (χ3v) is 3.48. The van der Waals surface area contributed by atoms with Crippen molar-refractivity contribution in [3.8, 4) is 0 Å². The average Bonchev–Trinajstić information content (AvgIpc) is 2.37. The van der Waals surface area contributed by atoms with Gasteiger partial charge >= 0.3 is 0 Å². The molecule has 1 aromatic rings. The first-order valence-corrected chi connectivity index (χ1v) is 6.76. The van der Waals surface area contributed by atoms with E-state index >= 15 is 0 Å². The Bertz CT molecular complexity index is 547. The molecule has 108 valence electrons. The minimum Gasteiger partial charge on any atom is -0.326 e. The number of fused-ring (bicyclic) bond motifs is 1. The Labute approximate surface area is 118 Å².